The Labute approximate surface area is 187 Å². The van der Waals surface area contributed by atoms with Gasteiger partial charge in [-0.2, -0.15) is 5.10 Å². The highest BCUT2D eigenvalue weighted by atomic mass is 35.5. The summed E-state index contributed by atoms with van der Waals surface area (Å²) < 4.78 is 6.42. The predicted octanol–water partition coefficient (Wildman–Crippen LogP) is 5.85. The first-order chi connectivity index (χ1) is 15.0. The summed E-state index contributed by atoms with van der Waals surface area (Å²) >= 11 is 7.65. The number of esters is 1. The highest BCUT2D eigenvalue weighted by Gasteiger charge is 2.19. The molecule has 0 fully saturated rings. The van der Waals surface area contributed by atoms with Crippen molar-refractivity contribution < 1.29 is 14.3 Å². The van der Waals surface area contributed by atoms with E-state index in [0.717, 1.165) is 15.6 Å². The van der Waals surface area contributed by atoms with Gasteiger partial charge in [-0.3, -0.25) is 4.79 Å². The lowest BCUT2D eigenvalue weighted by Crippen LogP contribution is -2.17. The Balaban J connectivity index is 1.43. The van der Waals surface area contributed by atoms with Crippen LogP contribution in [0.4, 0.5) is 0 Å². The fraction of sp³-hybridized carbons (Fsp3) is 0.0417. The normalized spacial score (nSPS) is 11.0. The number of hydrazone groups is 1. The van der Waals surface area contributed by atoms with Crippen LogP contribution in [0.1, 0.15) is 31.2 Å². The average Bonchev–Trinajstić information content (AvgIpc) is 3.11. The van der Waals surface area contributed by atoms with Crippen molar-refractivity contribution in [2.45, 2.75) is 6.92 Å². The number of carbonyl (C=O) groups excluding carboxylic acids is 2. The largest absolute Gasteiger partial charge is 0.422 e. The molecule has 0 unspecified atom stereocenters. The van der Waals surface area contributed by atoms with Crippen molar-refractivity contribution in [3.05, 3.63) is 99.4 Å². The molecule has 1 N–H and O–H groups in total. The van der Waals surface area contributed by atoms with Crippen LogP contribution in [0, 0.1) is 6.92 Å². The SMILES string of the molecule is Cc1ccc(C(=O)N/N=C/c2cccc(OC(=O)c3sc4ccccc4c3Cl)c2)cc1. The summed E-state index contributed by atoms with van der Waals surface area (Å²) in [5.74, 6) is -0.474. The first kappa shape index (κ1) is 20.8. The van der Waals surface area contributed by atoms with Crippen LogP contribution in [0.25, 0.3) is 10.1 Å². The molecule has 0 bridgehead atoms. The summed E-state index contributed by atoms with van der Waals surface area (Å²) in [6.45, 7) is 1.95. The summed E-state index contributed by atoms with van der Waals surface area (Å²) in [6.07, 6.45) is 1.48. The van der Waals surface area contributed by atoms with E-state index in [4.69, 9.17) is 16.3 Å². The molecule has 7 heteroatoms. The number of aryl methyl sites for hydroxylation is 1. The number of rotatable bonds is 5. The molecule has 0 radical (unpaired) electrons. The van der Waals surface area contributed by atoms with E-state index < -0.39 is 5.97 Å². The van der Waals surface area contributed by atoms with Gasteiger partial charge in [0, 0.05) is 15.6 Å². The third-order valence-electron chi connectivity index (χ3n) is 4.48. The summed E-state index contributed by atoms with van der Waals surface area (Å²) in [5.41, 5.74) is 4.74. The zero-order valence-electron chi connectivity index (χ0n) is 16.5. The van der Waals surface area contributed by atoms with Crippen molar-refractivity contribution >= 4 is 51.1 Å². The standard InChI is InChI=1S/C24H17ClN2O3S/c1-15-9-11-17(12-10-15)23(28)27-26-14-16-5-4-6-18(13-16)30-24(29)22-21(25)19-7-2-3-8-20(19)31-22/h2-14H,1H3,(H,27,28)/b26-14+. The second-order valence-electron chi connectivity index (χ2n) is 6.77. The molecule has 0 aliphatic heterocycles. The molecule has 0 spiro atoms. The number of amides is 1. The Morgan fingerprint density at radius 3 is 2.58 bits per heavy atom. The molecule has 154 valence electrons. The van der Waals surface area contributed by atoms with Crippen molar-refractivity contribution in [2.75, 3.05) is 0 Å². The lowest BCUT2D eigenvalue weighted by atomic mass is 10.1. The maximum Gasteiger partial charge on any atom is 0.355 e. The Hall–Kier alpha value is -3.48. The van der Waals surface area contributed by atoms with Crippen LogP contribution in [0.5, 0.6) is 5.75 Å². The molecular formula is C24H17ClN2O3S. The molecule has 0 saturated heterocycles. The van der Waals surface area contributed by atoms with E-state index in [0.29, 0.717) is 26.8 Å². The molecular weight excluding hydrogens is 432 g/mol. The monoisotopic (exact) mass is 448 g/mol. The van der Waals surface area contributed by atoms with Crippen molar-refractivity contribution in [3.8, 4) is 5.75 Å². The average molecular weight is 449 g/mol. The zero-order chi connectivity index (χ0) is 21.8. The Morgan fingerprint density at radius 1 is 1.03 bits per heavy atom. The Morgan fingerprint density at radius 2 is 1.81 bits per heavy atom. The molecule has 0 atom stereocenters. The topological polar surface area (TPSA) is 67.8 Å². The maximum atomic E-state index is 12.6. The lowest BCUT2D eigenvalue weighted by molar-refractivity contribution is 0.0740. The minimum atomic E-state index is -0.520. The molecule has 0 aliphatic carbocycles. The van der Waals surface area contributed by atoms with Gasteiger partial charge in [0.1, 0.15) is 10.6 Å². The number of carbonyl (C=O) groups is 2. The predicted molar refractivity (Wildman–Crippen MR) is 124 cm³/mol. The van der Waals surface area contributed by atoms with Crippen molar-refractivity contribution in [1.29, 1.82) is 0 Å². The quantitative estimate of drug-likeness (QED) is 0.180. The first-order valence-electron chi connectivity index (χ1n) is 9.40. The molecule has 0 aliphatic rings. The molecule has 0 saturated carbocycles. The third kappa shape index (κ3) is 4.82. The van der Waals surface area contributed by atoms with Crippen molar-refractivity contribution in [3.63, 3.8) is 0 Å². The van der Waals surface area contributed by atoms with Crippen LogP contribution in [0.3, 0.4) is 0 Å². The van der Waals surface area contributed by atoms with Crippen LogP contribution >= 0.6 is 22.9 Å². The number of thiophene rings is 1. The smallest absolute Gasteiger partial charge is 0.355 e. The number of fused-ring (bicyclic) bond motifs is 1. The van der Waals surface area contributed by atoms with Gasteiger partial charge in [0.05, 0.1) is 11.2 Å². The lowest BCUT2D eigenvalue weighted by Gasteiger charge is -2.04. The van der Waals surface area contributed by atoms with Crippen LogP contribution in [-0.4, -0.2) is 18.1 Å². The van der Waals surface area contributed by atoms with Crippen LogP contribution in [-0.2, 0) is 0 Å². The van der Waals surface area contributed by atoms with Gasteiger partial charge >= 0.3 is 5.97 Å². The molecule has 4 rings (SSSR count). The van der Waals surface area contributed by atoms with Crippen LogP contribution < -0.4 is 10.2 Å². The summed E-state index contributed by atoms with van der Waals surface area (Å²) in [7, 11) is 0. The number of nitrogens with one attached hydrogen (secondary N) is 1. The zero-order valence-corrected chi connectivity index (χ0v) is 18.0. The Kier molecular flexibility index (Phi) is 6.11. The van der Waals surface area contributed by atoms with Gasteiger partial charge < -0.3 is 4.74 Å². The number of hydrogen-bond acceptors (Lipinski definition) is 5. The molecule has 3 aromatic carbocycles. The van der Waals surface area contributed by atoms with Gasteiger partial charge in [-0.25, -0.2) is 10.2 Å². The van der Waals surface area contributed by atoms with Crippen molar-refractivity contribution in [2.24, 2.45) is 5.10 Å². The van der Waals surface area contributed by atoms with Gasteiger partial charge in [-0.1, -0.05) is 59.6 Å². The maximum absolute atomic E-state index is 12.6. The first-order valence-corrected chi connectivity index (χ1v) is 10.6. The minimum absolute atomic E-state index is 0.307. The highest BCUT2D eigenvalue weighted by Crippen LogP contribution is 2.35. The molecule has 1 aromatic heterocycles. The minimum Gasteiger partial charge on any atom is -0.422 e. The van der Waals surface area contributed by atoms with Gasteiger partial charge in [0.25, 0.3) is 5.91 Å². The number of ether oxygens (including phenoxy) is 1. The van der Waals surface area contributed by atoms with Gasteiger partial charge in [0.2, 0.25) is 0 Å². The number of halogens is 1. The molecule has 5 nitrogen and oxygen atoms in total. The summed E-state index contributed by atoms with van der Waals surface area (Å²) in [5, 5.41) is 5.19. The van der Waals surface area contributed by atoms with Crippen LogP contribution in [0.2, 0.25) is 5.02 Å². The van der Waals surface area contributed by atoms with E-state index in [1.807, 2.05) is 43.3 Å². The second kappa shape index (κ2) is 9.12. The molecule has 4 aromatic rings. The number of benzene rings is 3. The number of hydrogen-bond donors (Lipinski definition) is 1. The summed E-state index contributed by atoms with van der Waals surface area (Å²) in [4.78, 5) is 25.1. The van der Waals surface area contributed by atoms with Crippen LogP contribution in [0.15, 0.2) is 77.9 Å². The van der Waals surface area contributed by atoms with E-state index in [-0.39, 0.29) is 5.91 Å². The molecule has 1 amide bonds. The molecule has 1 heterocycles. The van der Waals surface area contributed by atoms with E-state index >= 15 is 0 Å². The van der Waals surface area contributed by atoms with E-state index in [9.17, 15) is 9.59 Å². The fourth-order valence-electron chi connectivity index (χ4n) is 2.89. The summed E-state index contributed by atoms with van der Waals surface area (Å²) in [6, 6.07) is 21.6. The van der Waals surface area contributed by atoms with Crippen molar-refractivity contribution in [1.82, 2.24) is 5.43 Å². The third-order valence-corrected chi connectivity index (χ3v) is 6.14. The van der Waals surface area contributed by atoms with Gasteiger partial charge in [-0.05, 0) is 42.8 Å². The van der Waals surface area contributed by atoms with Gasteiger partial charge in [0.15, 0.2) is 0 Å². The highest BCUT2D eigenvalue weighted by molar-refractivity contribution is 7.21. The second-order valence-corrected chi connectivity index (χ2v) is 8.20. The van der Waals surface area contributed by atoms with E-state index in [2.05, 4.69) is 10.5 Å². The van der Waals surface area contributed by atoms with E-state index in [1.54, 1.807) is 36.4 Å². The number of nitrogens with zero attached hydrogens (tertiary/aromatic N) is 1. The van der Waals surface area contributed by atoms with E-state index in [1.165, 1.54) is 17.6 Å². The molecule has 31 heavy (non-hydrogen) atoms. The Bertz CT molecular complexity index is 1300. The van der Waals surface area contributed by atoms with Gasteiger partial charge in [-0.15, -0.1) is 11.3 Å². The fourth-order valence-corrected chi connectivity index (χ4v) is 4.28.